The van der Waals surface area contributed by atoms with Gasteiger partial charge in [0, 0.05) is 50.0 Å². The summed E-state index contributed by atoms with van der Waals surface area (Å²) < 4.78 is 38.4. The fraction of sp³-hybridized carbons (Fsp3) is 0.640. The predicted molar refractivity (Wildman–Crippen MR) is 117 cm³/mol. The number of nitrogens with zero attached hydrogens (tertiary/aromatic N) is 1. The second-order valence-corrected chi connectivity index (χ2v) is 9.98. The Bertz CT molecular complexity index is 896. The molecule has 1 heterocycles. The van der Waals surface area contributed by atoms with Crippen LogP contribution in [0.25, 0.3) is 0 Å². The van der Waals surface area contributed by atoms with E-state index in [4.69, 9.17) is 0 Å². The summed E-state index contributed by atoms with van der Waals surface area (Å²) in [6.07, 6.45) is 0.752. The van der Waals surface area contributed by atoms with Gasteiger partial charge in [0.2, 0.25) is 5.91 Å². The van der Waals surface area contributed by atoms with E-state index in [2.05, 4.69) is 10.2 Å². The van der Waals surface area contributed by atoms with Crippen molar-refractivity contribution in [2.45, 2.75) is 64.1 Å². The van der Waals surface area contributed by atoms with E-state index >= 15 is 0 Å². The lowest BCUT2D eigenvalue weighted by molar-refractivity contribution is -0.137. The molecule has 1 N–H and O–H groups in total. The Morgan fingerprint density at radius 2 is 1.70 bits per heavy atom. The molecule has 1 aromatic carbocycles. The molecule has 3 fully saturated rings. The van der Waals surface area contributed by atoms with Gasteiger partial charge in [0.25, 0.3) is 0 Å². The maximum absolute atomic E-state index is 12.8. The molecule has 1 unspecified atom stereocenters. The normalized spacial score (nSPS) is 29.4. The average Bonchev–Trinajstić information content (AvgIpc) is 3.25. The quantitative estimate of drug-likeness (QED) is 0.605. The summed E-state index contributed by atoms with van der Waals surface area (Å²) in [7, 11) is 0. The standard InChI is InChI=1S/C25H31F3N2O3/c1-15(31)11-16-5-7-19(8-6-16)30-13-20-21(14-30)24(20)22(32)9-10-23(33)29-18-4-2-3-17(12-18)25(26,27)28/h2-4,12,16,19-21,24H,5-11,13-14H2,1H3,(H,29,33)/t16?,19?,20-,21+,24?. The molecule has 0 radical (unpaired) electrons. The number of ketones is 2. The highest BCUT2D eigenvalue weighted by Crippen LogP contribution is 2.54. The summed E-state index contributed by atoms with van der Waals surface area (Å²) in [6.45, 7) is 3.52. The highest BCUT2D eigenvalue weighted by Gasteiger charge is 2.59. The van der Waals surface area contributed by atoms with Gasteiger partial charge in [-0.3, -0.25) is 14.5 Å². The number of amides is 1. The molecule has 2 saturated carbocycles. The number of Topliss-reactive ketones (excluding diaryl/α,β-unsaturated/α-hetero) is 2. The largest absolute Gasteiger partial charge is 0.416 e. The average molecular weight is 465 g/mol. The van der Waals surface area contributed by atoms with E-state index in [-0.39, 0.29) is 36.0 Å². The molecule has 3 aliphatic rings. The fourth-order valence-corrected chi connectivity index (χ4v) is 5.86. The zero-order valence-corrected chi connectivity index (χ0v) is 18.9. The summed E-state index contributed by atoms with van der Waals surface area (Å²) in [5, 5.41) is 2.46. The fourth-order valence-electron chi connectivity index (χ4n) is 5.86. The molecule has 1 aliphatic heterocycles. The Kier molecular flexibility index (Phi) is 6.93. The van der Waals surface area contributed by atoms with E-state index in [0.717, 1.165) is 50.9 Å². The number of carbonyl (C=O) groups excluding carboxylic acids is 3. The van der Waals surface area contributed by atoms with Crippen molar-refractivity contribution in [2.75, 3.05) is 18.4 Å². The molecule has 1 amide bonds. The molecule has 180 valence electrons. The predicted octanol–water partition coefficient (Wildman–Crippen LogP) is 4.71. The van der Waals surface area contributed by atoms with Crippen LogP contribution in [0.2, 0.25) is 0 Å². The second kappa shape index (κ2) is 9.57. The van der Waals surface area contributed by atoms with Crippen LogP contribution in [0, 0.1) is 23.7 Å². The third-order valence-electron chi connectivity index (χ3n) is 7.57. The molecule has 1 aromatic rings. The van der Waals surface area contributed by atoms with Gasteiger partial charge in [-0.15, -0.1) is 0 Å². The smallest absolute Gasteiger partial charge is 0.326 e. The van der Waals surface area contributed by atoms with E-state index < -0.39 is 17.6 Å². The molecule has 1 saturated heterocycles. The molecular formula is C25H31F3N2O3. The van der Waals surface area contributed by atoms with Crippen LogP contribution in [0.15, 0.2) is 24.3 Å². The number of carbonyl (C=O) groups is 3. The van der Waals surface area contributed by atoms with Crippen molar-refractivity contribution in [2.24, 2.45) is 23.7 Å². The zero-order valence-electron chi connectivity index (χ0n) is 18.9. The first-order valence-corrected chi connectivity index (χ1v) is 11.8. The molecule has 2 aliphatic carbocycles. The number of hydrogen-bond donors (Lipinski definition) is 1. The Morgan fingerprint density at radius 1 is 1.03 bits per heavy atom. The molecule has 0 aromatic heterocycles. The minimum atomic E-state index is -4.47. The van der Waals surface area contributed by atoms with Crippen LogP contribution in [0.4, 0.5) is 18.9 Å². The van der Waals surface area contributed by atoms with E-state index in [1.807, 2.05) is 0 Å². The van der Waals surface area contributed by atoms with Gasteiger partial charge in [0.1, 0.15) is 11.6 Å². The van der Waals surface area contributed by atoms with Gasteiger partial charge in [-0.25, -0.2) is 0 Å². The minimum Gasteiger partial charge on any atom is -0.326 e. The van der Waals surface area contributed by atoms with Crippen LogP contribution in [-0.4, -0.2) is 41.5 Å². The van der Waals surface area contributed by atoms with Crippen molar-refractivity contribution >= 4 is 23.2 Å². The molecule has 8 heteroatoms. The lowest BCUT2D eigenvalue weighted by Gasteiger charge is -2.35. The van der Waals surface area contributed by atoms with E-state index in [1.54, 1.807) is 6.92 Å². The van der Waals surface area contributed by atoms with Gasteiger partial charge < -0.3 is 10.1 Å². The van der Waals surface area contributed by atoms with Gasteiger partial charge in [-0.2, -0.15) is 13.2 Å². The first-order valence-electron chi connectivity index (χ1n) is 11.8. The summed E-state index contributed by atoms with van der Waals surface area (Å²) >= 11 is 0. The first-order chi connectivity index (χ1) is 15.6. The Morgan fingerprint density at radius 3 is 2.30 bits per heavy atom. The maximum atomic E-state index is 12.8. The Labute approximate surface area is 192 Å². The van der Waals surface area contributed by atoms with Gasteiger partial charge in [0.15, 0.2) is 0 Å². The van der Waals surface area contributed by atoms with E-state index in [0.29, 0.717) is 30.2 Å². The third kappa shape index (κ3) is 5.83. The summed E-state index contributed by atoms with van der Waals surface area (Å²) in [5.74, 6) is 1.21. The minimum absolute atomic E-state index is 0.0190. The second-order valence-electron chi connectivity index (χ2n) is 9.98. The van der Waals surface area contributed by atoms with Crippen molar-refractivity contribution < 1.29 is 27.6 Å². The number of hydrogen-bond acceptors (Lipinski definition) is 4. The lowest BCUT2D eigenvalue weighted by atomic mass is 9.82. The zero-order chi connectivity index (χ0) is 23.8. The van der Waals surface area contributed by atoms with Crippen LogP contribution in [-0.2, 0) is 20.6 Å². The number of halogens is 3. The number of rotatable bonds is 8. The molecule has 0 spiro atoms. The molecule has 0 bridgehead atoms. The van der Waals surface area contributed by atoms with Crippen molar-refractivity contribution in [1.29, 1.82) is 0 Å². The van der Waals surface area contributed by atoms with Crippen LogP contribution < -0.4 is 5.32 Å². The van der Waals surface area contributed by atoms with Gasteiger partial charge in [0.05, 0.1) is 5.56 Å². The van der Waals surface area contributed by atoms with Crippen molar-refractivity contribution in [3.8, 4) is 0 Å². The number of benzene rings is 1. The van der Waals surface area contributed by atoms with Gasteiger partial charge >= 0.3 is 6.18 Å². The number of fused-ring (bicyclic) bond motifs is 1. The van der Waals surface area contributed by atoms with Crippen molar-refractivity contribution in [3.05, 3.63) is 29.8 Å². The van der Waals surface area contributed by atoms with Crippen LogP contribution in [0.1, 0.15) is 57.4 Å². The Balaban J connectivity index is 1.17. The molecule has 5 nitrogen and oxygen atoms in total. The number of nitrogens with one attached hydrogen (secondary N) is 1. The molecule has 4 rings (SSSR count). The third-order valence-corrected chi connectivity index (χ3v) is 7.57. The highest BCUT2D eigenvalue weighted by molar-refractivity contribution is 5.94. The highest BCUT2D eigenvalue weighted by atomic mass is 19.4. The lowest BCUT2D eigenvalue weighted by Crippen LogP contribution is -2.39. The van der Waals surface area contributed by atoms with E-state index in [9.17, 15) is 27.6 Å². The SMILES string of the molecule is CC(=O)CC1CCC(N2C[C@@H]3C(C(=O)CCC(=O)Nc4cccc(C(F)(F)F)c4)[C@@H]3C2)CC1. The topological polar surface area (TPSA) is 66.5 Å². The number of piperidine rings is 1. The monoisotopic (exact) mass is 464 g/mol. The van der Waals surface area contributed by atoms with Gasteiger partial charge in [-0.05, 0) is 68.6 Å². The number of likely N-dealkylation sites (tertiary alicyclic amines) is 1. The maximum Gasteiger partial charge on any atom is 0.416 e. The molecular weight excluding hydrogens is 433 g/mol. The van der Waals surface area contributed by atoms with Crippen LogP contribution >= 0.6 is 0 Å². The van der Waals surface area contributed by atoms with E-state index in [1.165, 1.54) is 12.1 Å². The van der Waals surface area contributed by atoms with Crippen LogP contribution in [0.3, 0.4) is 0 Å². The van der Waals surface area contributed by atoms with Crippen molar-refractivity contribution in [1.82, 2.24) is 4.90 Å². The molecule has 33 heavy (non-hydrogen) atoms. The number of alkyl halides is 3. The summed E-state index contributed by atoms with van der Waals surface area (Å²) in [6, 6.07) is 5.05. The first kappa shape index (κ1) is 23.9. The number of anilines is 1. The summed E-state index contributed by atoms with van der Waals surface area (Å²) in [5.41, 5.74) is -0.738. The van der Waals surface area contributed by atoms with Gasteiger partial charge in [-0.1, -0.05) is 6.07 Å². The Hall–Kier alpha value is -2.22. The van der Waals surface area contributed by atoms with Crippen LogP contribution in [0.5, 0.6) is 0 Å². The van der Waals surface area contributed by atoms with Crippen molar-refractivity contribution in [3.63, 3.8) is 0 Å². The summed E-state index contributed by atoms with van der Waals surface area (Å²) in [4.78, 5) is 38.6. The molecule has 3 atom stereocenters.